The maximum atomic E-state index is 9.58. The Labute approximate surface area is 81.9 Å². The summed E-state index contributed by atoms with van der Waals surface area (Å²) < 4.78 is 1.82. The SMILES string of the molecule is CCNn1ccc2c(O)ccc(N)c21. The molecule has 0 aliphatic rings. The number of benzene rings is 1. The third kappa shape index (κ3) is 1.16. The van der Waals surface area contributed by atoms with Crippen molar-refractivity contribution in [1.82, 2.24) is 4.68 Å². The molecule has 0 unspecified atom stereocenters. The topological polar surface area (TPSA) is 63.2 Å². The van der Waals surface area contributed by atoms with E-state index in [9.17, 15) is 5.11 Å². The lowest BCUT2D eigenvalue weighted by Crippen LogP contribution is -2.12. The number of aromatic nitrogens is 1. The van der Waals surface area contributed by atoms with Gasteiger partial charge in [0.2, 0.25) is 0 Å². The van der Waals surface area contributed by atoms with Crippen molar-refractivity contribution >= 4 is 16.6 Å². The van der Waals surface area contributed by atoms with Gasteiger partial charge in [0.05, 0.1) is 11.2 Å². The summed E-state index contributed by atoms with van der Waals surface area (Å²) >= 11 is 0. The number of hydrogen-bond donors (Lipinski definition) is 3. The molecule has 4 nitrogen and oxygen atoms in total. The second kappa shape index (κ2) is 3.14. The van der Waals surface area contributed by atoms with Crippen LogP contribution in [-0.4, -0.2) is 16.3 Å². The summed E-state index contributed by atoms with van der Waals surface area (Å²) in [6.07, 6.45) is 1.85. The van der Waals surface area contributed by atoms with Gasteiger partial charge in [-0.05, 0) is 25.1 Å². The van der Waals surface area contributed by atoms with E-state index in [0.29, 0.717) is 5.69 Å². The van der Waals surface area contributed by atoms with Crippen LogP contribution < -0.4 is 11.2 Å². The van der Waals surface area contributed by atoms with Crippen LogP contribution in [0.15, 0.2) is 24.4 Å². The van der Waals surface area contributed by atoms with Gasteiger partial charge < -0.3 is 16.3 Å². The quantitative estimate of drug-likeness (QED) is 0.498. The van der Waals surface area contributed by atoms with Crippen LogP contribution in [0.3, 0.4) is 0 Å². The van der Waals surface area contributed by atoms with Crippen molar-refractivity contribution in [2.45, 2.75) is 6.92 Å². The molecule has 1 aromatic heterocycles. The van der Waals surface area contributed by atoms with Crippen molar-refractivity contribution < 1.29 is 5.11 Å². The molecule has 0 radical (unpaired) electrons. The Morgan fingerprint density at radius 2 is 2.21 bits per heavy atom. The molecule has 0 saturated carbocycles. The van der Waals surface area contributed by atoms with E-state index in [1.165, 1.54) is 0 Å². The van der Waals surface area contributed by atoms with Gasteiger partial charge in [0, 0.05) is 18.1 Å². The monoisotopic (exact) mass is 191 g/mol. The molecule has 0 amide bonds. The Hall–Kier alpha value is -1.84. The van der Waals surface area contributed by atoms with Crippen LogP contribution in [0.25, 0.3) is 10.9 Å². The number of nitrogen functional groups attached to an aromatic ring is 1. The van der Waals surface area contributed by atoms with Crippen LogP contribution in [-0.2, 0) is 0 Å². The Morgan fingerprint density at radius 1 is 1.43 bits per heavy atom. The summed E-state index contributed by atoms with van der Waals surface area (Å²) in [4.78, 5) is 0. The molecule has 2 rings (SSSR count). The number of aromatic hydroxyl groups is 1. The fourth-order valence-electron chi connectivity index (χ4n) is 1.57. The van der Waals surface area contributed by atoms with Gasteiger partial charge in [-0.15, -0.1) is 0 Å². The lowest BCUT2D eigenvalue weighted by Gasteiger charge is -2.08. The summed E-state index contributed by atoms with van der Waals surface area (Å²) in [5.74, 6) is 0.255. The predicted molar refractivity (Wildman–Crippen MR) is 57.9 cm³/mol. The van der Waals surface area contributed by atoms with E-state index in [0.717, 1.165) is 17.4 Å². The lowest BCUT2D eigenvalue weighted by molar-refractivity contribution is 0.482. The largest absolute Gasteiger partial charge is 0.507 e. The summed E-state index contributed by atoms with van der Waals surface area (Å²) in [5.41, 5.74) is 10.4. The van der Waals surface area contributed by atoms with Gasteiger partial charge in [0.15, 0.2) is 0 Å². The zero-order chi connectivity index (χ0) is 10.1. The molecular formula is C10H13N3O. The normalized spacial score (nSPS) is 10.6. The number of phenols is 1. The molecule has 0 spiro atoms. The van der Waals surface area contributed by atoms with Gasteiger partial charge in [0.1, 0.15) is 5.75 Å². The lowest BCUT2D eigenvalue weighted by atomic mass is 10.2. The summed E-state index contributed by atoms with van der Waals surface area (Å²) in [6.45, 7) is 2.81. The molecule has 0 saturated heterocycles. The van der Waals surface area contributed by atoms with Crippen LogP contribution in [0, 0.1) is 0 Å². The van der Waals surface area contributed by atoms with E-state index in [1.807, 2.05) is 23.9 Å². The van der Waals surface area contributed by atoms with Crippen LogP contribution in [0.5, 0.6) is 5.75 Å². The molecular weight excluding hydrogens is 178 g/mol. The van der Waals surface area contributed by atoms with Crippen molar-refractivity contribution in [2.24, 2.45) is 0 Å². The number of phenolic OH excluding ortho intramolecular Hbond substituents is 1. The first-order chi connectivity index (χ1) is 6.74. The van der Waals surface area contributed by atoms with Crippen molar-refractivity contribution in [1.29, 1.82) is 0 Å². The Balaban J connectivity index is 2.70. The molecule has 0 aliphatic carbocycles. The minimum Gasteiger partial charge on any atom is -0.507 e. The second-order valence-corrected chi connectivity index (χ2v) is 3.13. The van der Waals surface area contributed by atoms with Crippen LogP contribution >= 0.6 is 0 Å². The predicted octanol–water partition coefficient (Wildman–Crippen LogP) is 1.49. The fraction of sp³-hybridized carbons (Fsp3) is 0.200. The van der Waals surface area contributed by atoms with Gasteiger partial charge in [-0.3, -0.25) is 4.68 Å². The van der Waals surface area contributed by atoms with Gasteiger partial charge in [-0.2, -0.15) is 0 Å². The molecule has 74 valence electrons. The number of nitrogens with two attached hydrogens (primary N) is 1. The smallest absolute Gasteiger partial charge is 0.125 e. The third-order valence-corrected chi connectivity index (χ3v) is 2.18. The van der Waals surface area contributed by atoms with Gasteiger partial charge in [-0.1, -0.05) is 0 Å². The van der Waals surface area contributed by atoms with Crippen LogP contribution in [0.4, 0.5) is 5.69 Å². The first-order valence-electron chi connectivity index (χ1n) is 4.56. The second-order valence-electron chi connectivity index (χ2n) is 3.13. The molecule has 0 fully saturated rings. The molecule has 14 heavy (non-hydrogen) atoms. The van der Waals surface area contributed by atoms with Crippen molar-refractivity contribution in [3.8, 4) is 5.75 Å². The number of nitrogens with zero attached hydrogens (tertiary/aromatic N) is 1. The number of rotatable bonds is 2. The number of anilines is 1. The van der Waals surface area contributed by atoms with E-state index < -0.39 is 0 Å². The molecule has 4 N–H and O–H groups in total. The highest BCUT2D eigenvalue weighted by Gasteiger charge is 2.07. The minimum atomic E-state index is 0.255. The summed E-state index contributed by atoms with van der Waals surface area (Å²) in [7, 11) is 0. The highest BCUT2D eigenvalue weighted by Crippen LogP contribution is 2.29. The number of fused-ring (bicyclic) bond motifs is 1. The van der Waals surface area contributed by atoms with E-state index in [1.54, 1.807) is 12.1 Å². The average molecular weight is 191 g/mol. The minimum absolute atomic E-state index is 0.255. The molecule has 0 atom stereocenters. The maximum Gasteiger partial charge on any atom is 0.125 e. The summed E-state index contributed by atoms with van der Waals surface area (Å²) in [5, 5.41) is 10.3. The molecule has 0 aliphatic heterocycles. The van der Waals surface area contributed by atoms with Crippen molar-refractivity contribution in [3.05, 3.63) is 24.4 Å². The third-order valence-electron chi connectivity index (χ3n) is 2.18. The van der Waals surface area contributed by atoms with E-state index in [4.69, 9.17) is 5.73 Å². The van der Waals surface area contributed by atoms with E-state index >= 15 is 0 Å². The molecule has 0 bridgehead atoms. The molecule has 4 heteroatoms. The van der Waals surface area contributed by atoms with Gasteiger partial charge >= 0.3 is 0 Å². The maximum absolute atomic E-state index is 9.58. The average Bonchev–Trinajstić information content (AvgIpc) is 2.58. The highest BCUT2D eigenvalue weighted by atomic mass is 16.3. The van der Waals surface area contributed by atoms with Gasteiger partial charge in [0.25, 0.3) is 0 Å². The van der Waals surface area contributed by atoms with Gasteiger partial charge in [-0.25, -0.2) is 0 Å². The highest BCUT2D eigenvalue weighted by molar-refractivity contribution is 5.95. The Bertz CT molecular complexity index is 462. The molecule has 1 heterocycles. The number of hydrogen-bond acceptors (Lipinski definition) is 3. The van der Waals surface area contributed by atoms with E-state index in [2.05, 4.69) is 5.43 Å². The van der Waals surface area contributed by atoms with Crippen LogP contribution in [0.2, 0.25) is 0 Å². The van der Waals surface area contributed by atoms with Crippen LogP contribution in [0.1, 0.15) is 6.92 Å². The first-order valence-corrected chi connectivity index (χ1v) is 4.56. The van der Waals surface area contributed by atoms with E-state index in [-0.39, 0.29) is 5.75 Å². The zero-order valence-electron chi connectivity index (χ0n) is 7.99. The summed E-state index contributed by atoms with van der Waals surface area (Å²) in [6, 6.07) is 5.14. The Morgan fingerprint density at radius 3 is 2.93 bits per heavy atom. The first kappa shape index (κ1) is 8.74. The van der Waals surface area contributed by atoms with Crippen molar-refractivity contribution in [2.75, 3.05) is 17.7 Å². The standard InChI is InChI=1S/C10H13N3O/c1-2-12-13-6-5-7-9(14)4-3-8(11)10(7)13/h3-6,12,14H,2,11H2,1H3. The van der Waals surface area contributed by atoms with Crippen molar-refractivity contribution in [3.63, 3.8) is 0 Å². The number of nitrogens with one attached hydrogen (secondary N) is 1. The fourth-order valence-corrected chi connectivity index (χ4v) is 1.57. The zero-order valence-corrected chi connectivity index (χ0v) is 7.99. The Kier molecular flexibility index (Phi) is 1.96. The molecule has 1 aromatic carbocycles. The molecule has 2 aromatic rings.